The quantitative estimate of drug-likeness (QED) is 0.461. The molecule has 82 valence electrons. The van der Waals surface area contributed by atoms with Crippen molar-refractivity contribution in [3.05, 3.63) is 48.0 Å². The number of hydrogen-bond donors (Lipinski definition) is 1. The van der Waals surface area contributed by atoms with E-state index < -0.39 is 11.8 Å². The zero-order valence-electron chi connectivity index (χ0n) is 8.42. The van der Waals surface area contributed by atoms with Gasteiger partial charge in [-0.2, -0.15) is 0 Å². The van der Waals surface area contributed by atoms with E-state index in [4.69, 9.17) is 5.11 Å². The Labute approximate surface area is 92.2 Å². The summed E-state index contributed by atoms with van der Waals surface area (Å²) >= 11 is 0. The van der Waals surface area contributed by atoms with Crippen LogP contribution < -0.4 is 0 Å². The molecule has 1 rings (SSSR count). The molecular formula is C12H10O4. The number of allylic oxidation sites excluding steroid dienone is 1. The predicted molar refractivity (Wildman–Crippen MR) is 57.2 cm³/mol. The fourth-order valence-electron chi connectivity index (χ4n) is 1.11. The fraction of sp³-hybridized carbons (Fsp3) is 0.0833. The zero-order chi connectivity index (χ0) is 12.0. The number of rotatable bonds is 5. The summed E-state index contributed by atoms with van der Waals surface area (Å²) in [7, 11) is 0. The van der Waals surface area contributed by atoms with Gasteiger partial charge in [0, 0.05) is 11.6 Å². The van der Waals surface area contributed by atoms with Crippen LogP contribution in [0.1, 0.15) is 16.8 Å². The van der Waals surface area contributed by atoms with Gasteiger partial charge in [0.1, 0.15) is 0 Å². The molecule has 4 heteroatoms. The second-order valence-electron chi connectivity index (χ2n) is 3.10. The van der Waals surface area contributed by atoms with Gasteiger partial charge in [-0.3, -0.25) is 9.59 Å². The lowest BCUT2D eigenvalue weighted by Crippen LogP contribution is -2.06. The van der Waals surface area contributed by atoms with E-state index in [2.05, 4.69) is 0 Å². The SMILES string of the molecule is O=C(O)/C=C\C(=O)CC(=O)c1ccccc1. The van der Waals surface area contributed by atoms with Crippen LogP contribution in [-0.4, -0.2) is 22.6 Å². The van der Waals surface area contributed by atoms with E-state index >= 15 is 0 Å². The number of carboxylic acids is 1. The lowest BCUT2D eigenvalue weighted by Gasteiger charge is -1.96. The first-order valence-corrected chi connectivity index (χ1v) is 4.61. The summed E-state index contributed by atoms with van der Waals surface area (Å²) in [6, 6.07) is 8.38. The summed E-state index contributed by atoms with van der Waals surface area (Å²) in [5, 5.41) is 8.29. The fourth-order valence-corrected chi connectivity index (χ4v) is 1.11. The first-order chi connectivity index (χ1) is 7.59. The first kappa shape index (κ1) is 11.8. The van der Waals surface area contributed by atoms with Crippen molar-refractivity contribution >= 4 is 17.5 Å². The number of hydrogen-bond acceptors (Lipinski definition) is 3. The smallest absolute Gasteiger partial charge is 0.328 e. The molecule has 0 unspecified atom stereocenters. The molecule has 0 aliphatic heterocycles. The van der Waals surface area contributed by atoms with Crippen LogP contribution in [0.4, 0.5) is 0 Å². The minimum Gasteiger partial charge on any atom is -0.478 e. The number of carbonyl (C=O) groups is 3. The first-order valence-electron chi connectivity index (χ1n) is 4.61. The van der Waals surface area contributed by atoms with Gasteiger partial charge < -0.3 is 5.11 Å². The van der Waals surface area contributed by atoms with E-state index in [9.17, 15) is 14.4 Å². The van der Waals surface area contributed by atoms with Crippen molar-refractivity contribution in [3.8, 4) is 0 Å². The summed E-state index contributed by atoms with van der Waals surface area (Å²) < 4.78 is 0. The largest absolute Gasteiger partial charge is 0.478 e. The maximum atomic E-state index is 11.5. The van der Waals surface area contributed by atoms with Crippen LogP contribution in [0.2, 0.25) is 0 Å². The van der Waals surface area contributed by atoms with Crippen LogP contribution in [-0.2, 0) is 9.59 Å². The summed E-state index contributed by atoms with van der Waals surface area (Å²) in [6.45, 7) is 0. The van der Waals surface area contributed by atoms with Crippen molar-refractivity contribution in [2.24, 2.45) is 0 Å². The molecule has 4 nitrogen and oxygen atoms in total. The van der Waals surface area contributed by atoms with Crippen molar-refractivity contribution in [2.75, 3.05) is 0 Å². The monoisotopic (exact) mass is 218 g/mol. The number of carbonyl (C=O) groups excluding carboxylic acids is 2. The van der Waals surface area contributed by atoms with Gasteiger partial charge in [0.15, 0.2) is 11.6 Å². The maximum absolute atomic E-state index is 11.5. The molecule has 0 bridgehead atoms. The van der Waals surface area contributed by atoms with Gasteiger partial charge >= 0.3 is 5.97 Å². The van der Waals surface area contributed by atoms with E-state index in [1.165, 1.54) is 0 Å². The van der Waals surface area contributed by atoms with Gasteiger partial charge in [-0.15, -0.1) is 0 Å². The molecule has 0 fully saturated rings. The summed E-state index contributed by atoms with van der Waals surface area (Å²) in [4.78, 5) is 32.8. The molecule has 0 atom stereocenters. The maximum Gasteiger partial charge on any atom is 0.328 e. The second kappa shape index (κ2) is 5.60. The van der Waals surface area contributed by atoms with Gasteiger partial charge in [0.2, 0.25) is 0 Å². The number of ketones is 2. The van der Waals surface area contributed by atoms with Crippen molar-refractivity contribution in [3.63, 3.8) is 0 Å². The number of Topliss-reactive ketones (excluding diaryl/α,β-unsaturated/α-hetero) is 1. The van der Waals surface area contributed by atoms with Crippen LogP contribution in [0.25, 0.3) is 0 Å². The normalized spacial score (nSPS) is 10.2. The lowest BCUT2D eigenvalue weighted by molar-refractivity contribution is -0.131. The third kappa shape index (κ3) is 3.88. The Morgan fingerprint density at radius 1 is 1.06 bits per heavy atom. The van der Waals surface area contributed by atoms with Crippen molar-refractivity contribution < 1.29 is 19.5 Å². The standard InChI is InChI=1S/C12H10O4/c13-10(6-7-12(15)16)8-11(14)9-4-2-1-3-5-9/h1-7H,8H2,(H,15,16)/b7-6-. The Bertz CT molecular complexity index is 432. The van der Waals surface area contributed by atoms with Crippen LogP contribution in [0, 0.1) is 0 Å². The Balaban J connectivity index is 2.59. The van der Waals surface area contributed by atoms with Crippen LogP contribution >= 0.6 is 0 Å². The molecule has 0 saturated heterocycles. The molecule has 0 aromatic heterocycles. The minimum atomic E-state index is -1.21. The van der Waals surface area contributed by atoms with E-state index in [1.54, 1.807) is 30.3 Å². The molecule has 0 spiro atoms. The third-order valence-corrected chi connectivity index (χ3v) is 1.84. The molecular weight excluding hydrogens is 208 g/mol. The molecule has 0 amide bonds. The molecule has 0 aliphatic carbocycles. The van der Waals surface area contributed by atoms with Gasteiger partial charge in [0.25, 0.3) is 0 Å². The Kier molecular flexibility index (Phi) is 4.15. The van der Waals surface area contributed by atoms with E-state index in [0.29, 0.717) is 5.56 Å². The van der Waals surface area contributed by atoms with Crippen LogP contribution in [0.5, 0.6) is 0 Å². The van der Waals surface area contributed by atoms with Gasteiger partial charge in [0.05, 0.1) is 6.42 Å². The molecule has 16 heavy (non-hydrogen) atoms. The van der Waals surface area contributed by atoms with Crippen molar-refractivity contribution in [1.29, 1.82) is 0 Å². The van der Waals surface area contributed by atoms with E-state index in [-0.39, 0.29) is 12.2 Å². The average molecular weight is 218 g/mol. The van der Waals surface area contributed by atoms with Crippen molar-refractivity contribution in [1.82, 2.24) is 0 Å². The van der Waals surface area contributed by atoms with Crippen molar-refractivity contribution in [2.45, 2.75) is 6.42 Å². The second-order valence-corrected chi connectivity index (χ2v) is 3.10. The Hall–Kier alpha value is -2.23. The summed E-state index contributed by atoms with van der Waals surface area (Å²) in [5.74, 6) is -2.04. The number of benzene rings is 1. The lowest BCUT2D eigenvalue weighted by atomic mass is 10.1. The van der Waals surface area contributed by atoms with Crippen LogP contribution in [0.15, 0.2) is 42.5 Å². The highest BCUT2D eigenvalue weighted by Crippen LogP contribution is 2.03. The summed E-state index contributed by atoms with van der Waals surface area (Å²) in [6.07, 6.45) is 1.30. The van der Waals surface area contributed by atoms with Gasteiger partial charge in [-0.25, -0.2) is 4.79 Å². The molecule has 0 aliphatic rings. The van der Waals surface area contributed by atoms with E-state index in [1.807, 2.05) is 0 Å². The molecule has 0 saturated carbocycles. The number of carboxylic acid groups (broad SMARTS) is 1. The highest BCUT2D eigenvalue weighted by atomic mass is 16.4. The van der Waals surface area contributed by atoms with Gasteiger partial charge in [-0.05, 0) is 6.08 Å². The van der Waals surface area contributed by atoms with Crippen LogP contribution in [0.3, 0.4) is 0 Å². The highest BCUT2D eigenvalue weighted by molar-refractivity contribution is 6.12. The topological polar surface area (TPSA) is 71.4 Å². The third-order valence-electron chi connectivity index (χ3n) is 1.84. The highest BCUT2D eigenvalue weighted by Gasteiger charge is 2.09. The number of aliphatic carboxylic acids is 1. The molecule has 0 radical (unpaired) electrons. The van der Waals surface area contributed by atoms with E-state index in [0.717, 1.165) is 12.2 Å². The molecule has 1 aromatic carbocycles. The minimum absolute atomic E-state index is 0.312. The van der Waals surface area contributed by atoms with Gasteiger partial charge in [-0.1, -0.05) is 30.3 Å². The Morgan fingerprint density at radius 2 is 1.69 bits per heavy atom. The average Bonchev–Trinajstić information content (AvgIpc) is 2.27. The summed E-state index contributed by atoms with van der Waals surface area (Å²) in [5.41, 5.74) is 0.444. The Morgan fingerprint density at radius 3 is 2.25 bits per heavy atom. The molecule has 1 aromatic rings. The predicted octanol–water partition coefficient (Wildman–Crippen LogP) is 1.47. The zero-order valence-corrected chi connectivity index (χ0v) is 8.42. The molecule has 0 heterocycles. The molecule has 1 N–H and O–H groups in total.